The molecule has 4 aromatic rings. The van der Waals surface area contributed by atoms with Crippen molar-refractivity contribution in [1.82, 2.24) is 28.9 Å². The minimum atomic E-state index is -0.536. The second-order valence-corrected chi connectivity index (χ2v) is 13.1. The van der Waals surface area contributed by atoms with Crippen molar-refractivity contribution in [3.8, 4) is 11.5 Å². The third-order valence-electron chi connectivity index (χ3n) is 6.75. The van der Waals surface area contributed by atoms with Crippen LogP contribution in [0.1, 0.15) is 53.2 Å². The van der Waals surface area contributed by atoms with Gasteiger partial charge in [-0.25, -0.2) is 19.6 Å². The Bertz CT molecular complexity index is 1650. The molecule has 0 saturated heterocycles. The van der Waals surface area contributed by atoms with Crippen molar-refractivity contribution >= 4 is 34.3 Å². The van der Waals surface area contributed by atoms with E-state index in [1.165, 1.54) is 9.80 Å². The van der Waals surface area contributed by atoms with Crippen LogP contribution in [0.4, 0.5) is 9.59 Å². The molecule has 264 valence electrons. The largest absolute Gasteiger partial charge is 0.497 e. The third kappa shape index (κ3) is 10.2. The molecule has 0 spiro atoms. The summed E-state index contributed by atoms with van der Waals surface area (Å²) < 4.78 is 35.7. The minimum absolute atomic E-state index is 0.315. The second kappa shape index (κ2) is 16.0. The van der Waals surface area contributed by atoms with Gasteiger partial charge >= 0.3 is 12.2 Å². The van der Waals surface area contributed by atoms with E-state index in [-0.39, 0.29) is 0 Å². The number of methoxy groups -OCH3 is 4. The van der Waals surface area contributed by atoms with Crippen molar-refractivity contribution in [2.45, 2.75) is 79.3 Å². The lowest BCUT2D eigenvalue weighted by Gasteiger charge is -2.24. The standard InChI is InChI=1S/2C17H25N3O4/c1-17(2,3)24-16(21)19(4)10-15-18-13-9-12(23-6)7-8-14(13)20(15)11-22-5;1-17(2,3)24-16(21)19(4)10-15-18-13-8-7-12(23-6)9-14(13)20(15)11-22-5/h2*7-9H,10-11H2,1-6H3. The molecule has 14 heteroatoms. The Labute approximate surface area is 282 Å². The molecule has 14 nitrogen and oxygen atoms in total. The van der Waals surface area contributed by atoms with Crippen molar-refractivity contribution in [2.75, 3.05) is 42.5 Å². The lowest BCUT2D eigenvalue weighted by atomic mass is 10.2. The molecule has 0 radical (unpaired) electrons. The Morgan fingerprint density at radius 2 is 1.08 bits per heavy atom. The first kappa shape index (κ1) is 37.9. The predicted octanol–water partition coefficient (Wildman–Crippen LogP) is 6.03. The first-order chi connectivity index (χ1) is 22.5. The Hall–Kier alpha value is -4.56. The number of carbonyl (C=O) groups excluding carboxylic acids is 2. The number of hydrogen-bond acceptors (Lipinski definition) is 10. The summed E-state index contributed by atoms with van der Waals surface area (Å²) in [5.41, 5.74) is 2.35. The molecule has 0 bridgehead atoms. The maximum absolute atomic E-state index is 12.2. The van der Waals surface area contributed by atoms with Gasteiger partial charge in [0, 0.05) is 40.4 Å². The van der Waals surface area contributed by atoms with E-state index in [0.29, 0.717) is 38.2 Å². The molecule has 2 amide bonds. The molecular weight excluding hydrogens is 620 g/mol. The van der Waals surface area contributed by atoms with E-state index in [9.17, 15) is 9.59 Å². The Morgan fingerprint density at radius 1 is 0.646 bits per heavy atom. The Balaban J connectivity index is 0.000000260. The van der Waals surface area contributed by atoms with Gasteiger partial charge in [0.05, 0.1) is 49.4 Å². The van der Waals surface area contributed by atoms with Gasteiger partial charge in [-0.1, -0.05) is 0 Å². The molecule has 0 aliphatic rings. The highest BCUT2D eigenvalue weighted by Gasteiger charge is 2.23. The number of carbonyl (C=O) groups is 2. The smallest absolute Gasteiger partial charge is 0.410 e. The van der Waals surface area contributed by atoms with E-state index in [4.69, 9.17) is 28.4 Å². The summed E-state index contributed by atoms with van der Waals surface area (Å²) in [6.45, 7) is 12.3. The molecule has 0 aliphatic carbocycles. The summed E-state index contributed by atoms with van der Waals surface area (Å²) in [5.74, 6) is 2.91. The summed E-state index contributed by atoms with van der Waals surface area (Å²) >= 11 is 0. The van der Waals surface area contributed by atoms with Crippen LogP contribution >= 0.6 is 0 Å². The van der Waals surface area contributed by atoms with Gasteiger partial charge in [-0.2, -0.15) is 0 Å². The fourth-order valence-corrected chi connectivity index (χ4v) is 4.59. The van der Waals surface area contributed by atoms with E-state index in [0.717, 1.165) is 33.6 Å². The topological polar surface area (TPSA) is 132 Å². The molecule has 2 aromatic heterocycles. The van der Waals surface area contributed by atoms with Crippen LogP contribution in [0, 0.1) is 0 Å². The number of imidazole rings is 2. The molecule has 0 N–H and O–H groups in total. The highest BCUT2D eigenvalue weighted by molar-refractivity contribution is 5.79. The SMILES string of the molecule is COCn1c(CN(C)C(=O)OC(C)(C)C)nc2cc(OC)ccc21.COCn1c(CN(C)C(=O)OC(C)(C)C)nc2ccc(OC)cc21. The molecule has 2 aromatic carbocycles. The summed E-state index contributed by atoms with van der Waals surface area (Å²) in [6, 6.07) is 11.3. The van der Waals surface area contributed by atoms with Crippen LogP contribution in [0.5, 0.6) is 11.5 Å². The summed E-state index contributed by atoms with van der Waals surface area (Å²) in [6.07, 6.45) is -0.785. The highest BCUT2D eigenvalue weighted by atomic mass is 16.6. The van der Waals surface area contributed by atoms with Gasteiger partial charge in [0.15, 0.2) is 0 Å². The molecule has 0 atom stereocenters. The lowest BCUT2D eigenvalue weighted by molar-refractivity contribution is 0.0265. The van der Waals surface area contributed by atoms with Crippen LogP contribution in [0.15, 0.2) is 36.4 Å². The van der Waals surface area contributed by atoms with E-state index in [1.54, 1.807) is 42.5 Å². The highest BCUT2D eigenvalue weighted by Crippen LogP contribution is 2.24. The number of fused-ring (bicyclic) bond motifs is 2. The maximum Gasteiger partial charge on any atom is 0.410 e. The van der Waals surface area contributed by atoms with E-state index >= 15 is 0 Å². The van der Waals surface area contributed by atoms with Gasteiger partial charge < -0.3 is 47.4 Å². The average molecular weight is 671 g/mol. The maximum atomic E-state index is 12.2. The number of rotatable bonds is 10. The normalized spacial score (nSPS) is 11.6. The van der Waals surface area contributed by atoms with Gasteiger partial charge in [0.25, 0.3) is 0 Å². The fourth-order valence-electron chi connectivity index (χ4n) is 4.59. The monoisotopic (exact) mass is 670 g/mol. The predicted molar refractivity (Wildman–Crippen MR) is 182 cm³/mol. The summed E-state index contributed by atoms with van der Waals surface area (Å²) in [4.78, 5) is 36.5. The van der Waals surface area contributed by atoms with Crippen LogP contribution in [0.3, 0.4) is 0 Å². The number of ether oxygens (including phenoxy) is 6. The first-order valence-corrected chi connectivity index (χ1v) is 15.4. The molecule has 4 rings (SSSR count). The minimum Gasteiger partial charge on any atom is -0.497 e. The molecule has 0 saturated carbocycles. The molecule has 0 aliphatic heterocycles. The summed E-state index contributed by atoms with van der Waals surface area (Å²) in [5, 5.41) is 0. The van der Waals surface area contributed by atoms with Gasteiger partial charge in [0.1, 0.15) is 47.8 Å². The lowest BCUT2D eigenvalue weighted by Crippen LogP contribution is -2.34. The van der Waals surface area contributed by atoms with Crippen LogP contribution in [-0.2, 0) is 45.5 Å². The number of aromatic nitrogens is 4. The van der Waals surface area contributed by atoms with Gasteiger partial charge in [-0.15, -0.1) is 0 Å². The van der Waals surface area contributed by atoms with Crippen molar-refractivity contribution < 1.29 is 38.0 Å². The van der Waals surface area contributed by atoms with Crippen molar-refractivity contribution in [1.29, 1.82) is 0 Å². The number of hydrogen-bond donors (Lipinski definition) is 0. The Morgan fingerprint density at radius 3 is 1.54 bits per heavy atom. The number of amides is 2. The molecule has 0 fully saturated rings. The van der Waals surface area contributed by atoms with Crippen LogP contribution in [0.2, 0.25) is 0 Å². The zero-order chi connectivity index (χ0) is 35.8. The zero-order valence-electron chi connectivity index (χ0n) is 30.2. The molecular formula is C34H50N6O8. The van der Waals surface area contributed by atoms with E-state index in [2.05, 4.69) is 9.97 Å². The third-order valence-corrected chi connectivity index (χ3v) is 6.75. The van der Waals surface area contributed by atoms with Crippen molar-refractivity contribution in [3.05, 3.63) is 48.0 Å². The second-order valence-electron chi connectivity index (χ2n) is 13.1. The van der Waals surface area contributed by atoms with Crippen molar-refractivity contribution in [3.63, 3.8) is 0 Å². The van der Waals surface area contributed by atoms with E-state index in [1.807, 2.05) is 87.1 Å². The number of benzene rings is 2. The molecule has 48 heavy (non-hydrogen) atoms. The number of nitrogens with zero attached hydrogens (tertiary/aromatic N) is 6. The molecule has 0 unspecified atom stereocenters. The first-order valence-electron chi connectivity index (χ1n) is 15.4. The van der Waals surface area contributed by atoms with Crippen molar-refractivity contribution in [2.24, 2.45) is 0 Å². The summed E-state index contributed by atoms with van der Waals surface area (Å²) in [7, 11) is 9.85. The quantitative estimate of drug-likeness (QED) is 0.197. The van der Waals surface area contributed by atoms with Crippen LogP contribution in [0.25, 0.3) is 22.1 Å². The average Bonchev–Trinajstić information content (AvgIpc) is 3.51. The van der Waals surface area contributed by atoms with Crippen LogP contribution in [-0.4, -0.2) is 94.8 Å². The molecule has 2 heterocycles. The van der Waals surface area contributed by atoms with Gasteiger partial charge in [-0.05, 0) is 65.8 Å². The van der Waals surface area contributed by atoms with Crippen LogP contribution < -0.4 is 9.47 Å². The fraction of sp³-hybridized carbons (Fsp3) is 0.529. The Kier molecular flexibility index (Phi) is 12.7. The van der Waals surface area contributed by atoms with Gasteiger partial charge in [0.2, 0.25) is 0 Å². The van der Waals surface area contributed by atoms with E-state index < -0.39 is 23.4 Å². The zero-order valence-corrected chi connectivity index (χ0v) is 30.2. The van der Waals surface area contributed by atoms with Gasteiger partial charge in [-0.3, -0.25) is 0 Å².